The Morgan fingerprint density at radius 1 is 0.926 bits per heavy atom. The Labute approximate surface area is 157 Å². The Kier molecular flexibility index (Phi) is 4.79. The van der Waals surface area contributed by atoms with Crippen molar-refractivity contribution in [2.75, 3.05) is 0 Å². The van der Waals surface area contributed by atoms with Crippen molar-refractivity contribution < 1.29 is 4.79 Å². The van der Waals surface area contributed by atoms with Crippen molar-refractivity contribution in [3.8, 4) is 5.69 Å². The van der Waals surface area contributed by atoms with E-state index >= 15 is 0 Å². The van der Waals surface area contributed by atoms with E-state index in [2.05, 4.69) is 10.5 Å². The zero-order valence-electron chi connectivity index (χ0n) is 14.7. The van der Waals surface area contributed by atoms with E-state index in [0.717, 1.165) is 27.6 Å². The van der Waals surface area contributed by atoms with Gasteiger partial charge in [-0.2, -0.15) is 5.10 Å². The highest BCUT2D eigenvalue weighted by molar-refractivity contribution is 5.90. The highest BCUT2D eigenvalue weighted by Gasteiger charge is 2.06. The van der Waals surface area contributed by atoms with Gasteiger partial charge in [0.05, 0.1) is 12.6 Å². The fourth-order valence-electron chi connectivity index (χ4n) is 3.09. The molecule has 1 N–H and O–H groups in total. The molecule has 0 bridgehead atoms. The van der Waals surface area contributed by atoms with Gasteiger partial charge in [0, 0.05) is 23.6 Å². The number of nitrogens with zero attached hydrogens (tertiary/aromatic N) is 2. The lowest BCUT2D eigenvalue weighted by Gasteiger charge is -2.05. The number of aromatic nitrogens is 1. The Hall–Kier alpha value is -3.66. The van der Waals surface area contributed by atoms with Crippen molar-refractivity contribution in [2.24, 2.45) is 5.10 Å². The van der Waals surface area contributed by atoms with Crippen LogP contribution >= 0.6 is 0 Å². The summed E-state index contributed by atoms with van der Waals surface area (Å²) in [6, 6.07) is 26.1. The van der Waals surface area contributed by atoms with Gasteiger partial charge in [-0.1, -0.05) is 60.7 Å². The SMILES string of the molecule is O=C(Cc1cccc2ccccc12)N/N=C\c1ccn(-c2ccccc2)c1. The third kappa shape index (κ3) is 3.96. The fourth-order valence-corrected chi connectivity index (χ4v) is 3.09. The summed E-state index contributed by atoms with van der Waals surface area (Å²) in [5.41, 5.74) is 5.61. The van der Waals surface area contributed by atoms with Crippen molar-refractivity contribution in [3.05, 3.63) is 102 Å². The van der Waals surface area contributed by atoms with Crippen LogP contribution in [0.4, 0.5) is 0 Å². The van der Waals surface area contributed by atoms with Gasteiger partial charge in [-0.25, -0.2) is 5.43 Å². The molecule has 1 amide bonds. The lowest BCUT2D eigenvalue weighted by Crippen LogP contribution is -2.19. The number of fused-ring (bicyclic) bond motifs is 1. The molecule has 0 aliphatic carbocycles. The predicted molar refractivity (Wildman–Crippen MR) is 109 cm³/mol. The predicted octanol–water partition coefficient (Wildman–Crippen LogP) is 4.32. The maximum Gasteiger partial charge on any atom is 0.244 e. The van der Waals surface area contributed by atoms with Gasteiger partial charge in [0.25, 0.3) is 0 Å². The summed E-state index contributed by atoms with van der Waals surface area (Å²) in [6.07, 6.45) is 5.88. The molecule has 132 valence electrons. The topological polar surface area (TPSA) is 46.4 Å². The smallest absolute Gasteiger partial charge is 0.244 e. The van der Waals surface area contributed by atoms with Gasteiger partial charge < -0.3 is 4.57 Å². The van der Waals surface area contributed by atoms with Crippen LogP contribution in [0.25, 0.3) is 16.5 Å². The maximum atomic E-state index is 12.2. The standard InChI is InChI=1S/C23H19N3O/c27-23(15-20-9-6-8-19-7-4-5-12-22(19)20)25-24-16-18-13-14-26(17-18)21-10-2-1-3-11-21/h1-14,16-17H,15H2,(H,25,27)/b24-16-. The Morgan fingerprint density at radius 3 is 2.59 bits per heavy atom. The first-order valence-electron chi connectivity index (χ1n) is 8.81. The van der Waals surface area contributed by atoms with Gasteiger partial charge in [-0.15, -0.1) is 0 Å². The quantitative estimate of drug-likeness (QED) is 0.421. The number of amides is 1. The summed E-state index contributed by atoms with van der Waals surface area (Å²) in [7, 11) is 0. The molecule has 0 saturated heterocycles. The molecular weight excluding hydrogens is 334 g/mol. The monoisotopic (exact) mass is 353 g/mol. The van der Waals surface area contributed by atoms with E-state index < -0.39 is 0 Å². The Balaban J connectivity index is 1.40. The second kappa shape index (κ2) is 7.70. The van der Waals surface area contributed by atoms with E-state index in [4.69, 9.17) is 0 Å². The van der Waals surface area contributed by atoms with Crippen LogP contribution in [0.1, 0.15) is 11.1 Å². The number of nitrogens with one attached hydrogen (secondary N) is 1. The number of rotatable bonds is 5. The zero-order chi connectivity index (χ0) is 18.5. The van der Waals surface area contributed by atoms with E-state index in [-0.39, 0.29) is 5.91 Å². The number of carbonyl (C=O) groups is 1. The third-order valence-corrected chi connectivity index (χ3v) is 4.40. The average molecular weight is 353 g/mol. The van der Waals surface area contributed by atoms with Crippen LogP contribution in [0.15, 0.2) is 96.4 Å². The van der Waals surface area contributed by atoms with Crippen LogP contribution < -0.4 is 5.43 Å². The highest BCUT2D eigenvalue weighted by atomic mass is 16.2. The molecule has 4 heteroatoms. The van der Waals surface area contributed by atoms with Gasteiger partial charge >= 0.3 is 0 Å². The molecule has 0 aliphatic heterocycles. The van der Waals surface area contributed by atoms with Gasteiger partial charge in [0.1, 0.15) is 0 Å². The number of benzene rings is 3. The number of para-hydroxylation sites is 1. The number of hydrogen-bond donors (Lipinski definition) is 1. The van der Waals surface area contributed by atoms with Gasteiger partial charge in [0.2, 0.25) is 5.91 Å². The molecule has 4 rings (SSSR count). The van der Waals surface area contributed by atoms with E-state index in [0.29, 0.717) is 6.42 Å². The van der Waals surface area contributed by atoms with Crippen LogP contribution in [0.2, 0.25) is 0 Å². The molecular formula is C23H19N3O. The summed E-state index contributed by atoms with van der Waals surface area (Å²) in [6.45, 7) is 0. The van der Waals surface area contributed by atoms with Crippen molar-refractivity contribution >= 4 is 22.9 Å². The van der Waals surface area contributed by atoms with Crippen LogP contribution in [0, 0.1) is 0 Å². The molecule has 0 radical (unpaired) electrons. The second-order valence-corrected chi connectivity index (χ2v) is 6.30. The van der Waals surface area contributed by atoms with Gasteiger partial charge in [-0.3, -0.25) is 4.79 Å². The number of carbonyl (C=O) groups excluding carboxylic acids is 1. The molecule has 1 heterocycles. The molecule has 0 aliphatic rings. The third-order valence-electron chi connectivity index (χ3n) is 4.40. The summed E-state index contributed by atoms with van der Waals surface area (Å²) >= 11 is 0. The Morgan fingerprint density at radius 2 is 1.70 bits per heavy atom. The van der Waals surface area contributed by atoms with E-state index in [9.17, 15) is 4.79 Å². The van der Waals surface area contributed by atoms with Crippen molar-refractivity contribution in [3.63, 3.8) is 0 Å². The number of hydrogen-bond acceptors (Lipinski definition) is 2. The van der Waals surface area contributed by atoms with E-state index in [1.807, 2.05) is 95.8 Å². The minimum atomic E-state index is -0.134. The van der Waals surface area contributed by atoms with Crippen molar-refractivity contribution in [2.45, 2.75) is 6.42 Å². The molecule has 0 atom stereocenters. The largest absolute Gasteiger partial charge is 0.323 e. The van der Waals surface area contributed by atoms with Gasteiger partial charge in [-0.05, 0) is 34.5 Å². The van der Waals surface area contributed by atoms with Crippen LogP contribution in [-0.2, 0) is 11.2 Å². The average Bonchev–Trinajstić information content (AvgIpc) is 3.18. The number of hydrazone groups is 1. The summed E-state index contributed by atoms with van der Waals surface area (Å²) in [5.74, 6) is -0.134. The second-order valence-electron chi connectivity index (χ2n) is 6.30. The molecule has 1 aromatic heterocycles. The summed E-state index contributed by atoms with van der Waals surface area (Å²) in [4.78, 5) is 12.2. The molecule has 0 saturated carbocycles. The molecule has 0 unspecified atom stereocenters. The normalized spacial score (nSPS) is 11.1. The zero-order valence-corrected chi connectivity index (χ0v) is 14.7. The van der Waals surface area contributed by atoms with Crippen molar-refractivity contribution in [1.29, 1.82) is 0 Å². The lowest BCUT2D eigenvalue weighted by atomic mass is 10.0. The molecule has 0 fully saturated rings. The summed E-state index contributed by atoms with van der Waals surface area (Å²) < 4.78 is 2.01. The molecule has 4 aromatic rings. The van der Waals surface area contributed by atoms with Crippen LogP contribution in [-0.4, -0.2) is 16.7 Å². The Bertz CT molecular complexity index is 1090. The maximum absolute atomic E-state index is 12.2. The van der Waals surface area contributed by atoms with E-state index in [1.165, 1.54) is 0 Å². The first kappa shape index (κ1) is 16.8. The lowest BCUT2D eigenvalue weighted by molar-refractivity contribution is -0.120. The molecule has 4 nitrogen and oxygen atoms in total. The molecule has 27 heavy (non-hydrogen) atoms. The first-order valence-corrected chi connectivity index (χ1v) is 8.81. The van der Waals surface area contributed by atoms with Gasteiger partial charge in [0.15, 0.2) is 0 Å². The molecule has 0 spiro atoms. The minimum Gasteiger partial charge on any atom is -0.323 e. The summed E-state index contributed by atoms with van der Waals surface area (Å²) in [5, 5.41) is 6.32. The minimum absolute atomic E-state index is 0.134. The fraction of sp³-hybridized carbons (Fsp3) is 0.0435. The van der Waals surface area contributed by atoms with Crippen molar-refractivity contribution in [1.82, 2.24) is 9.99 Å². The molecule has 3 aromatic carbocycles. The highest BCUT2D eigenvalue weighted by Crippen LogP contribution is 2.18. The first-order chi connectivity index (χ1) is 13.3. The van der Waals surface area contributed by atoms with Crippen LogP contribution in [0.5, 0.6) is 0 Å². The van der Waals surface area contributed by atoms with E-state index in [1.54, 1.807) is 6.21 Å². The van der Waals surface area contributed by atoms with Crippen LogP contribution in [0.3, 0.4) is 0 Å².